The molecule has 0 aliphatic heterocycles. The minimum absolute atomic E-state index is 0.291. The second-order valence-electron chi connectivity index (χ2n) is 3.83. The van der Waals surface area contributed by atoms with Gasteiger partial charge in [0.05, 0.1) is 5.56 Å². The second kappa shape index (κ2) is 6.91. The van der Waals surface area contributed by atoms with E-state index < -0.39 is 5.97 Å². The van der Waals surface area contributed by atoms with Crippen molar-refractivity contribution in [3.63, 3.8) is 0 Å². The molecule has 0 bridgehead atoms. The minimum Gasteiger partial charge on any atom is -0.478 e. The molecule has 0 fully saturated rings. The molecule has 0 heterocycles. The van der Waals surface area contributed by atoms with Gasteiger partial charge in [0.2, 0.25) is 0 Å². The van der Waals surface area contributed by atoms with Crippen LogP contribution in [0.1, 0.15) is 23.7 Å². The molecule has 3 nitrogen and oxygen atoms in total. The van der Waals surface area contributed by atoms with Crippen LogP contribution in [0, 0.1) is 0 Å². The van der Waals surface area contributed by atoms with Crippen LogP contribution in [-0.2, 0) is 0 Å². The third kappa shape index (κ3) is 4.60. The van der Waals surface area contributed by atoms with E-state index in [1.54, 1.807) is 18.2 Å². The van der Waals surface area contributed by atoms with Crippen molar-refractivity contribution in [2.45, 2.75) is 19.4 Å². The molecule has 0 radical (unpaired) electrons. The molecule has 0 aliphatic carbocycles. The Balaban J connectivity index is 2.69. The number of carbonyl (C=O) groups is 1. The smallest absolute Gasteiger partial charge is 0.335 e. The Labute approximate surface area is 114 Å². The predicted molar refractivity (Wildman–Crippen MR) is 77.2 cm³/mol. The summed E-state index contributed by atoms with van der Waals surface area (Å²) in [6, 6.07) is 5.39. The molecule has 0 saturated carbocycles. The number of aromatic carboxylic acids is 1. The lowest BCUT2D eigenvalue weighted by Gasteiger charge is -2.16. The predicted octanol–water partition coefficient (Wildman–Crippen LogP) is 3.70. The number of carboxylic acid groups (broad SMARTS) is 1. The third-order valence-corrected chi connectivity index (χ3v) is 3.67. The largest absolute Gasteiger partial charge is 0.478 e. The number of rotatable bonds is 6. The number of hydrogen-bond acceptors (Lipinski definition) is 3. The molecule has 94 valence electrons. The van der Waals surface area contributed by atoms with Gasteiger partial charge in [0, 0.05) is 16.2 Å². The maximum absolute atomic E-state index is 10.8. The standard InChI is InChI=1S/C12H16BrNO2S/c1-8(5-6-17-2)14-11-4-3-9(12(15)16)7-10(11)13/h3-4,7-8,14H,5-6H2,1-2H3,(H,15,16). The van der Waals surface area contributed by atoms with Crippen molar-refractivity contribution in [1.82, 2.24) is 0 Å². The summed E-state index contributed by atoms with van der Waals surface area (Å²) in [6.45, 7) is 2.12. The van der Waals surface area contributed by atoms with E-state index in [9.17, 15) is 4.79 Å². The monoisotopic (exact) mass is 317 g/mol. The van der Waals surface area contributed by atoms with Crippen LogP contribution in [0.2, 0.25) is 0 Å². The van der Waals surface area contributed by atoms with Gasteiger partial charge in [-0.1, -0.05) is 0 Å². The molecular formula is C12H16BrNO2S. The van der Waals surface area contributed by atoms with Gasteiger partial charge >= 0.3 is 5.97 Å². The number of nitrogens with one attached hydrogen (secondary N) is 1. The summed E-state index contributed by atoms with van der Waals surface area (Å²) < 4.78 is 0.786. The van der Waals surface area contributed by atoms with Crippen molar-refractivity contribution in [1.29, 1.82) is 0 Å². The van der Waals surface area contributed by atoms with Crippen LogP contribution < -0.4 is 5.32 Å². The van der Waals surface area contributed by atoms with Crippen LogP contribution in [-0.4, -0.2) is 29.1 Å². The topological polar surface area (TPSA) is 49.3 Å². The number of anilines is 1. The van der Waals surface area contributed by atoms with E-state index in [4.69, 9.17) is 5.11 Å². The van der Waals surface area contributed by atoms with Gasteiger partial charge in [0.25, 0.3) is 0 Å². The van der Waals surface area contributed by atoms with Crippen molar-refractivity contribution in [2.75, 3.05) is 17.3 Å². The summed E-state index contributed by atoms with van der Waals surface area (Å²) >= 11 is 5.20. The number of benzene rings is 1. The molecule has 0 aliphatic rings. The first kappa shape index (κ1) is 14.4. The fraction of sp³-hybridized carbons (Fsp3) is 0.417. The van der Waals surface area contributed by atoms with E-state index in [1.807, 2.05) is 11.8 Å². The molecular weight excluding hydrogens is 302 g/mol. The highest BCUT2D eigenvalue weighted by molar-refractivity contribution is 9.10. The first-order valence-corrected chi connectivity index (χ1v) is 7.51. The third-order valence-electron chi connectivity index (χ3n) is 2.37. The fourth-order valence-electron chi connectivity index (χ4n) is 1.40. The van der Waals surface area contributed by atoms with Gasteiger partial charge in [-0.15, -0.1) is 0 Å². The van der Waals surface area contributed by atoms with Gasteiger partial charge in [-0.25, -0.2) is 4.79 Å². The lowest BCUT2D eigenvalue weighted by Crippen LogP contribution is -2.16. The van der Waals surface area contributed by atoms with Crippen molar-refractivity contribution < 1.29 is 9.90 Å². The Bertz CT molecular complexity index is 398. The average molecular weight is 318 g/mol. The summed E-state index contributed by atoms with van der Waals surface area (Å²) in [5.41, 5.74) is 1.22. The summed E-state index contributed by atoms with van der Waals surface area (Å²) in [6.07, 6.45) is 3.17. The molecule has 0 amide bonds. The van der Waals surface area contributed by atoms with E-state index in [1.165, 1.54) is 0 Å². The normalized spacial score (nSPS) is 12.2. The van der Waals surface area contributed by atoms with Gasteiger partial charge in [0.1, 0.15) is 0 Å². The highest BCUT2D eigenvalue weighted by Gasteiger charge is 2.08. The number of carboxylic acids is 1. The molecule has 0 aromatic heterocycles. The molecule has 0 spiro atoms. The fourth-order valence-corrected chi connectivity index (χ4v) is 2.48. The van der Waals surface area contributed by atoms with Crippen molar-refractivity contribution >= 4 is 39.3 Å². The minimum atomic E-state index is -0.910. The summed E-state index contributed by atoms with van der Waals surface area (Å²) in [5.74, 6) is 0.201. The molecule has 2 N–H and O–H groups in total. The van der Waals surface area contributed by atoms with Gasteiger partial charge in [-0.05, 0) is 59.5 Å². The second-order valence-corrected chi connectivity index (χ2v) is 5.67. The quantitative estimate of drug-likeness (QED) is 0.840. The number of hydrogen-bond donors (Lipinski definition) is 2. The zero-order chi connectivity index (χ0) is 12.8. The summed E-state index contributed by atoms with van der Waals surface area (Å²) in [4.78, 5) is 10.8. The highest BCUT2D eigenvalue weighted by atomic mass is 79.9. The molecule has 1 rings (SSSR count). The van der Waals surface area contributed by atoms with Gasteiger partial charge in [-0.3, -0.25) is 0 Å². The van der Waals surface area contributed by atoms with E-state index in [2.05, 4.69) is 34.4 Å². The van der Waals surface area contributed by atoms with Crippen LogP contribution in [0.25, 0.3) is 0 Å². The molecule has 1 atom stereocenters. The summed E-state index contributed by atoms with van der Waals surface area (Å²) in [5, 5.41) is 12.2. The lowest BCUT2D eigenvalue weighted by atomic mass is 10.2. The van der Waals surface area contributed by atoms with Crippen molar-refractivity contribution in [3.05, 3.63) is 28.2 Å². The SMILES string of the molecule is CSCCC(C)Nc1ccc(C(=O)O)cc1Br. The molecule has 1 aromatic rings. The number of thioether (sulfide) groups is 1. The van der Waals surface area contributed by atoms with Crippen LogP contribution in [0.3, 0.4) is 0 Å². The van der Waals surface area contributed by atoms with E-state index in [-0.39, 0.29) is 0 Å². The Hall–Kier alpha value is -0.680. The maximum Gasteiger partial charge on any atom is 0.335 e. The Kier molecular flexibility index (Phi) is 5.85. The summed E-state index contributed by atoms with van der Waals surface area (Å²) in [7, 11) is 0. The molecule has 17 heavy (non-hydrogen) atoms. The maximum atomic E-state index is 10.8. The first-order chi connectivity index (χ1) is 8.04. The molecule has 1 aromatic carbocycles. The number of halogens is 1. The van der Waals surface area contributed by atoms with Crippen molar-refractivity contribution in [2.24, 2.45) is 0 Å². The van der Waals surface area contributed by atoms with Crippen LogP contribution in [0.4, 0.5) is 5.69 Å². The zero-order valence-corrected chi connectivity index (χ0v) is 12.3. The molecule has 0 saturated heterocycles. The van der Waals surface area contributed by atoms with Crippen LogP contribution in [0.5, 0.6) is 0 Å². The first-order valence-electron chi connectivity index (χ1n) is 5.33. The average Bonchev–Trinajstić information content (AvgIpc) is 2.28. The van der Waals surface area contributed by atoms with Crippen LogP contribution in [0.15, 0.2) is 22.7 Å². The van der Waals surface area contributed by atoms with E-state index in [0.29, 0.717) is 11.6 Å². The van der Waals surface area contributed by atoms with E-state index in [0.717, 1.165) is 22.3 Å². The zero-order valence-electron chi connectivity index (χ0n) is 9.87. The Morgan fingerprint density at radius 2 is 2.29 bits per heavy atom. The van der Waals surface area contributed by atoms with E-state index >= 15 is 0 Å². The van der Waals surface area contributed by atoms with Crippen molar-refractivity contribution in [3.8, 4) is 0 Å². The molecule has 1 unspecified atom stereocenters. The van der Waals surface area contributed by atoms with Gasteiger partial charge in [0.15, 0.2) is 0 Å². The molecule has 5 heteroatoms. The lowest BCUT2D eigenvalue weighted by molar-refractivity contribution is 0.0697. The highest BCUT2D eigenvalue weighted by Crippen LogP contribution is 2.24. The van der Waals surface area contributed by atoms with Gasteiger partial charge < -0.3 is 10.4 Å². The van der Waals surface area contributed by atoms with Crippen LogP contribution >= 0.6 is 27.7 Å². The Morgan fingerprint density at radius 1 is 1.59 bits per heavy atom. The Morgan fingerprint density at radius 3 is 2.82 bits per heavy atom. The van der Waals surface area contributed by atoms with Gasteiger partial charge in [-0.2, -0.15) is 11.8 Å².